The van der Waals surface area contributed by atoms with Gasteiger partial charge in [0.1, 0.15) is 0 Å². The van der Waals surface area contributed by atoms with Crippen LogP contribution in [0.4, 0.5) is 0 Å². The van der Waals surface area contributed by atoms with E-state index < -0.39 is 5.97 Å². The third-order valence-corrected chi connectivity index (χ3v) is 5.52. The number of aliphatic carboxylic acids is 1. The van der Waals surface area contributed by atoms with E-state index in [4.69, 9.17) is 0 Å². The lowest BCUT2D eigenvalue weighted by Crippen LogP contribution is -2.19. The predicted octanol–water partition coefficient (Wildman–Crippen LogP) is 4.44. The van der Waals surface area contributed by atoms with E-state index in [0.717, 1.165) is 28.3 Å². The van der Waals surface area contributed by atoms with Gasteiger partial charge in [-0.1, -0.05) is 34.5 Å². The first-order valence-electron chi connectivity index (χ1n) is 7.11. The van der Waals surface area contributed by atoms with Crippen LogP contribution >= 0.6 is 15.9 Å². The van der Waals surface area contributed by atoms with Crippen LogP contribution in [0.25, 0.3) is 0 Å². The molecule has 2 nitrogen and oxygen atoms in total. The molecule has 19 heavy (non-hydrogen) atoms. The van der Waals surface area contributed by atoms with Gasteiger partial charge in [0.2, 0.25) is 0 Å². The number of halogens is 1. The fourth-order valence-corrected chi connectivity index (χ4v) is 4.31. The van der Waals surface area contributed by atoms with Crippen molar-refractivity contribution >= 4 is 21.9 Å². The normalized spacial score (nSPS) is 30.5. The van der Waals surface area contributed by atoms with Crippen LogP contribution in [0.15, 0.2) is 28.7 Å². The first kappa shape index (κ1) is 13.2. The zero-order valence-corrected chi connectivity index (χ0v) is 12.5. The Morgan fingerprint density at radius 1 is 1.26 bits per heavy atom. The summed E-state index contributed by atoms with van der Waals surface area (Å²) >= 11 is 3.40. The van der Waals surface area contributed by atoms with E-state index in [1.165, 1.54) is 25.7 Å². The Morgan fingerprint density at radius 3 is 2.53 bits per heavy atom. The highest BCUT2D eigenvalue weighted by Crippen LogP contribution is 2.51. The lowest BCUT2D eigenvalue weighted by Gasteiger charge is -2.25. The number of benzene rings is 1. The van der Waals surface area contributed by atoms with Crippen molar-refractivity contribution in [3.8, 4) is 0 Å². The Balaban J connectivity index is 1.74. The van der Waals surface area contributed by atoms with Crippen LogP contribution in [-0.4, -0.2) is 11.1 Å². The monoisotopic (exact) mass is 322 g/mol. The highest BCUT2D eigenvalue weighted by Gasteiger charge is 2.41. The van der Waals surface area contributed by atoms with Gasteiger partial charge in [-0.2, -0.15) is 0 Å². The van der Waals surface area contributed by atoms with Gasteiger partial charge in [-0.3, -0.25) is 4.79 Å². The smallest absolute Gasteiger partial charge is 0.310 e. The van der Waals surface area contributed by atoms with Crippen molar-refractivity contribution in [3.63, 3.8) is 0 Å². The fourth-order valence-electron chi connectivity index (χ4n) is 4.04. The summed E-state index contributed by atoms with van der Waals surface area (Å²) in [5, 5.41) is 9.51. The molecule has 2 bridgehead atoms. The predicted molar refractivity (Wildman–Crippen MR) is 78.1 cm³/mol. The molecule has 0 radical (unpaired) electrons. The van der Waals surface area contributed by atoms with E-state index in [1.807, 2.05) is 24.3 Å². The van der Waals surface area contributed by atoms with Crippen molar-refractivity contribution in [3.05, 3.63) is 34.3 Å². The summed E-state index contributed by atoms with van der Waals surface area (Å²) in [6.45, 7) is 0. The third-order valence-electron chi connectivity index (χ3n) is 4.99. The molecule has 0 aliphatic heterocycles. The molecule has 3 rings (SSSR count). The van der Waals surface area contributed by atoms with E-state index in [1.54, 1.807) is 0 Å². The maximum absolute atomic E-state index is 11.6. The van der Waals surface area contributed by atoms with E-state index in [0.29, 0.717) is 5.92 Å². The standard InChI is InChI=1S/C16H19BrO2/c17-14-5-3-11(4-6-14)15(16(18)19)9-13-8-10-1-2-12(13)7-10/h3-6,10,12-13,15H,1-2,7-9H2,(H,18,19). The summed E-state index contributed by atoms with van der Waals surface area (Å²) in [5.41, 5.74) is 0.943. The zero-order chi connectivity index (χ0) is 13.4. The van der Waals surface area contributed by atoms with Crippen LogP contribution in [0, 0.1) is 17.8 Å². The van der Waals surface area contributed by atoms with Gasteiger partial charge in [-0.25, -0.2) is 0 Å². The first-order chi connectivity index (χ1) is 9.13. The molecule has 2 aliphatic carbocycles. The molecular weight excluding hydrogens is 304 g/mol. The van der Waals surface area contributed by atoms with Crippen molar-refractivity contribution < 1.29 is 9.90 Å². The Kier molecular flexibility index (Phi) is 3.66. The molecule has 1 aromatic carbocycles. The summed E-state index contributed by atoms with van der Waals surface area (Å²) in [4.78, 5) is 11.6. The summed E-state index contributed by atoms with van der Waals surface area (Å²) in [6, 6.07) is 7.75. The Morgan fingerprint density at radius 2 is 2.00 bits per heavy atom. The molecule has 2 saturated carbocycles. The molecule has 0 amide bonds. The van der Waals surface area contributed by atoms with E-state index >= 15 is 0 Å². The molecule has 3 heteroatoms. The van der Waals surface area contributed by atoms with Crippen LogP contribution in [0.1, 0.15) is 43.6 Å². The molecule has 2 aliphatic rings. The molecule has 0 spiro atoms. The van der Waals surface area contributed by atoms with E-state index in [-0.39, 0.29) is 5.92 Å². The number of carboxylic acids is 1. The first-order valence-corrected chi connectivity index (χ1v) is 7.91. The molecule has 4 unspecified atom stereocenters. The molecule has 0 aromatic heterocycles. The average molecular weight is 323 g/mol. The SMILES string of the molecule is O=C(O)C(CC1CC2CCC1C2)c1ccc(Br)cc1. The lowest BCUT2D eigenvalue weighted by molar-refractivity contribution is -0.139. The Bertz CT molecular complexity index is 468. The van der Waals surface area contributed by atoms with Gasteiger partial charge in [0.25, 0.3) is 0 Å². The van der Waals surface area contributed by atoms with Gasteiger partial charge in [-0.05, 0) is 61.1 Å². The summed E-state index contributed by atoms with van der Waals surface area (Å²) < 4.78 is 1.00. The number of carbonyl (C=O) groups is 1. The highest BCUT2D eigenvalue weighted by molar-refractivity contribution is 9.10. The van der Waals surface area contributed by atoms with E-state index in [9.17, 15) is 9.90 Å². The number of hydrogen-bond donors (Lipinski definition) is 1. The third kappa shape index (κ3) is 2.71. The molecular formula is C16H19BrO2. The molecule has 2 fully saturated rings. The number of rotatable bonds is 4. The van der Waals surface area contributed by atoms with Gasteiger partial charge in [-0.15, -0.1) is 0 Å². The van der Waals surface area contributed by atoms with Gasteiger partial charge in [0, 0.05) is 4.47 Å². The Labute approximate surface area is 122 Å². The minimum atomic E-state index is -0.676. The van der Waals surface area contributed by atoms with Crippen molar-refractivity contribution in [1.82, 2.24) is 0 Å². The minimum absolute atomic E-state index is 0.336. The molecule has 0 saturated heterocycles. The van der Waals surface area contributed by atoms with Crippen LogP contribution in [-0.2, 0) is 4.79 Å². The number of fused-ring (bicyclic) bond motifs is 2. The second-order valence-electron chi connectivity index (χ2n) is 6.11. The van der Waals surface area contributed by atoms with E-state index in [2.05, 4.69) is 15.9 Å². The minimum Gasteiger partial charge on any atom is -0.481 e. The average Bonchev–Trinajstić information content (AvgIpc) is 2.99. The van der Waals surface area contributed by atoms with Crippen LogP contribution in [0.5, 0.6) is 0 Å². The summed E-state index contributed by atoms with van der Waals surface area (Å²) in [5.74, 6) is 1.29. The lowest BCUT2D eigenvalue weighted by atomic mass is 9.80. The van der Waals surface area contributed by atoms with Crippen molar-refractivity contribution in [2.24, 2.45) is 17.8 Å². The molecule has 1 aromatic rings. The van der Waals surface area contributed by atoms with Crippen molar-refractivity contribution in [2.45, 2.75) is 38.0 Å². The number of hydrogen-bond acceptors (Lipinski definition) is 1. The van der Waals surface area contributed by atoms with Gasteiger partial charge in [0.05, 0.1) is 5.92 Å². The van der Waals surface area contributed by atoms with Crippen LogP contribution in [0.3, 0.4) is 0 Å². The molecule has 102 valence electrons. The molecule has 0 heterocycles. The second-order valence-corrected chi connectivity index (χ2v) is 7.03. The Hall–Kier alpha value is -0.830. The molecule has 4 atom stereocenters. The summed E-state index contributed by atoms with van der Waals surface area (Å²) in [6.07, 6.45) is 6.11. The zero-order valence-electron chi connectivity index (χ0n) is 10.9. The fraction of sp³-hybridized carbons (Fsp3) is 0.562. The van der Waals surface area contributed by atoms with Gasteiger partial charge < -0.3 is 5.11 Å². The van der Waals surface area contributed by atoms with Crippen molar-refractivity contribution in [2.75, 3.05) is 0 Å². The van der Waals surface area contributed by atoms with Crippen molar-refractivity contribution in [1.29, 1.82) is 0 Å². The van der Waals surface area contributed by atoms with Gasteiger partial charge in [0.15, 0.2) is 0 Å². The van der Waals surface area contributed by atoms with Crippen LogP contribution < -0.4 is 0 Å². The second kappa shape index (κ2) is 5.28. The largest absolute Gasteiger partial charge is 0.481 e. The van der Waals surface area contributed by atoms with Gasteiger partial charge >= 0.3 is 5.97 Å². The highest BCUT2D eigenvalue weighted by atomic mass is 79.9. The summed E-state index contributed by atoms with van der Waals surface area (Å²) in [7, 11) is 0. The topological polar surface area (TPSA) is 37.3 Å². The molecule has 1 N–H and O–H groups in total. The maximum atomic E-state index is 11.6. The maximum Gasteiger partial charge on any atom is 0.310 e. The van der Waals surface area contributed by atoms with Crippen LogP contribution in [0.2, 0.25) is 0 Å². The quantitative estimate of drug-likeness (QED) is 0.889. The number of carboxylic acid groups (broad SMARTS) is 1.